The smallest absolute Gasteiger partial charge is 0.213 e. The molecule has 2 atom stereocenters. The first kappa shape index (κ1) is 10.9. The molecule has 0 heterocycles. The van der Waals surface area contributed by atoms with E-state index in [0.717, 1.165) is 6.26 Å². The highest BCUT2D eigenvalue weighted by Crippen LogP contribution is 2.28. The van der Waals surface area contributed by atoms with Crippen LogP contribution in [0.15, 0.2) is 0 Å². The molecule has 1 fully saturated rings. The van der Waals surface area contributed by atoms with Gasteiger partial charge in [-0.3, -0.25) is 0 Å². The molecule has 0 bridgehead atoms. The summed E-state index contributed by atoms with van der Waals surface area (Å²) in [7, 11) is -7.01. The van der Waals surface area contributed by atoms with Gasteiger partial charge in [-0.25, -0.2) is 22.0 Å². The topological polar surface area (TPSA) is 94.3 Å². The maximum Gasteiger partial charge on any atom is 0.213 e. The quantitative estimate of drug-likeness (QED) is 0.671. The van der Waals surface area contributed by atoms with Crippen molar-refractivity contribution in [2.45, 2.75) is 29.8 Å². The van der Waals surface area contributed by atoms with Crippen molar-refractivity contribution in [1.29, 1.82) is 0 Å². The maximum atomic E-state index is 11.2. The molecule has 0 amide bonds. The monoisotopic (exact) mass is 227 g/mol. The second-order valence-electron chi connectivity index (χ2n) is 3.43. The van der Waals surface area contributed by atoms with Gasteiger partial charge < -0.3 is 0 Å². The fourth-order valence-corrected chi connectivity index (χ4v) is 5.16. The van der Waals surface area contributed by atoms with Crippen LogP contribution in [0.3, 0.4) is 0 Å². The Kier molecular flexibility index (Phi) is 2.70. The lowest BCUT2D eigenvalue weighted by atomic mass is 10.4. The second-order valence-corrected chi connectivity index (χ2v) is 7.47. The molecule has 5 nitrogen and oxygen atoms in total. The Labute approximate surface area is 78.3 Å². The van der Waals surface area contributed by atoms with E-state index < -0.39 is 30.4 Å². The lowest BCUT2D eigenvalue weighted by molar-refractivity contribution is 0.566. The third kappa shape index (κ3) is 2.41. The molecular formula is C6H13NO4S2. The molecule has 1 aliphatic carbocycles. The van der Waals surface area contributed by atoms with Crippen LogP contribution in [0, 0.1) is 0 Å². The fourth-order valence-electron chi connectivity index (χ4n) is 1.76. The predicted molar refractivity (Wildman–Crippen MR) is 49.4 cm³/mol. The minimum atomic E-state index is -3.71. The molecule has 2 N–H and O–H groups in total. The van der Waals surface area contributed by atoms with Gasteiger partial charge in [-0.05, 0) is 12.8 Å². The molecule has 13 heavy (non-hydrogen) atoms. The van der Waals surface area contributed by atoms with Gasteiger partial charge in [-0.2, -0.15) is 0 Å². The zero-order valence-corrected chi connectivity index (χ0v) is 8.94. The zero-order valence-electron chi connectivity index (χ0n) is 7.30. The molecule has 2 unspecified atom stereocenters. The fraction of sp³-hybridized carbons (Fsp3) is 1.00. The van der Waals surface area contributed by atoms with Crippen LogP contribution in [0.4, 0.5) is 0 Å². The Morgan fingerprint density at radius 3 is 1.85 bits per heavy atom. The van der Waals surface area contributed by atoms with Gasteiger partial charge in [0, 0.05) is 6.26 Å². The Hall–Kier alpha value is -0.140. The summed E-state index contributed by atoms with van der Waals surface area (Å²) >= 11 is 0. The first-order chi connectivity index (χ1) is 5.73. The molecule has 0 aromatic carbocycles. The van der Waals surface area contributed by atoms with Crippen LogP contribution in [0.25, 0.3) is 0 Å². The zero-order chi connectivity index (χ0) is 10.3. The van der Waals surface area contributed by atoms with Crippen LogP contribution in [0.5, 0.6) is 0 Å². The molecular weight excluding hydrogens is 214 g/mol. The van der Waals surface area contributed by atoms with Crippen molar-refractivity contribution in [3.8, 4) is 0 Å². The van der Waals surface area contributed by atoms with Crippen molar-refractivity contribution in [1.82, 2.24) is 0 Å². The van der Waals surface area contributed by atoms with Crippen molar-refractivity contribution in [3.05, 3.63) is 0 Å². The van der Waals surface area contributed by atoms with Crippen LogP contribution in [0.2, 0.25) is 0 Å². The number of hydrogen-bond donors (Lipinski definition) is 1. The van der Waals surface area contributed by atoms with Crippen LogP contribution in [0.1, 0.15) is 19.3 Å². The van der Waals surface area contributed by atoms with Crippen LogP contribution in [-0.2, 0) is 19.9 Å². The Morgan fingerprint density at radius 2 is 1.54 bits per heavy atom. The summed E-state index contributed by atoms with van der Waals surface area (Å²) in [5.74, 6) is 0. The summed E-state index contributed by atoms with van der Waals surface area (Å²) in [6.07, 6.45) is 2.43. The van der Waals surface area contributed by atoms with Gasteiger partial charge in [0.2, 0.25) is 10.0 Å². The van der Waals surface area contributed by atoms with Gasteiger partial charge in [-0.1, -0.05) is 6.42 Å². The van der Waals surface area contributed by atoms with E-state index in [4.69, 9.17) is 5.14 Å². The van der Waals surface area contributed by atoms with Crippen molar-refractivity contribution < 1.29 is 16.8 Å². The van der Waals surface area contributed by atoms with Gasteiger partial charge in [0.15, 0.2) is 9.84 Å². The van der Waals surface area contributed by atoms with Gasteiger partial charge in [0.1, 0.15) is 0 Å². The molecule has 0 spiro atoms. The molecule has 1 rings (SSSR count). The minimum Gasteiger partial charge on any atom is -0.229 e. The minimum absolute atomic E-state index is 0.358. The molecule has 0 aromatic rings. The summed E-state index contributed by atoms with van der Waals surface area (Å²) in [6.45, 7) is 0. The van der Waals surface area contributed by atoms with E-state index in [1.54, 1.807) is 0 Å². The summed E-state index contributed by atoms with van der Waals surface area (Å²) < 4.78 is 44.3. The largest absolute Gasteiger partial charge is 0.229 e. The Balaban J connectivity index is 3.03. The van der Waals surface area contributed by atoms with Gasteiger partial charge in [0.25, 0.3) is 0 Å². The lowest BCUT2D eigenvalue weighted by Crippen LogP contribution is -2.38. The van der Waals surface area contributed by atoms with Crippen LogP contribution >= 0.6 is 0 Å². The molecule has 1 aliphatic rings. The number of rotatable bonds is 2. The number of sulfonamides is 1. The first-order valence-corrected chi connectivity index (χ1v) is 7.50. The molecule has 78 valence electrons. The average Bonchev–Trinajstić information content (AvgIpc) is 2.27. The number of nitrogens with two attached hydrogens (primary N) is 1. The SMILES string of the molecule is CS(=O)(=O)C1CCCC1S(N)(=O)=O. The van der Waals surface area contributed by atoms with E-state index in [1.165, 1.54) is 0 Å². The molecule has 0 radical (unpaired) electrons. The number of hydrogen-bond acceptors (Lipinski definition) is 4. The molecule has 7 heteroatoms. The van der Waals surface area contributed by atoms with E-state index >= 15 is 0 Å². The third-order valence-electron chi connectivity index (χ3n) is 2.36. The highest BCUT2D eigenvalue weighted by molar-refractivity contribution is 7.94. The summed E-state index contributed by atoms with van der Waals surface area (Å²) in [4.78, 5) is 0. The van der Waals surface area contributed by atoms with Gasteiger partial charge in [-0.15, -0.1) is 0 Å². The molecule has 0 aromatic heterocycles. The van der Waals surface area contributed by atoms with Crippen LogP contribution in [-0.4, -0.2) is 33.6 Å². The molecule has 0 aliphatic heterocycles. The Morgan fingerprint density at radius 1 is 1.08 bits per heavy atom. The first-order valence-electron chi connectivity index (χ1n) is 3.93. The van der Waals surface area contributed by atoms with Crippen LogP contribution < -0.4 is 5.14 Å². The van der Waals surface area contributed by atoms with Crippen molar-refractivity contribution in [3.63, 3.8) is 0 Å². The Bertz CT molecular complexity index is 345. The molecule has 1 saturated carbocycles. The standard InChI is InChI=1S/C6H13NO4S2/c1-12(8,9)5-3-2-4-6(5)13(7,10)11/h5-6H,2-4H2,1H3,(H2,7,10,11). The lowest BCUT2D eigenvalue weighted by Gasteiger charge is -2.14. The van der Waals surface area contributed by atoms with E-state index in [9.17, 15) is 16.8 Å². The van der Waals surface area contributed by atoms with E-state index in [0.29, 0.717) is 19.3 Å². The highest BCUT2D eigenvalue weighted by atomic mass is 32.2. The second kappa shape index (κ2) is 3.21. The summed E-state index contributed by atoms with van der Waals surface area (Å²) in [6, 6.07) is 0. The summed E-state index contributed by atoms with van der Waals surface area (Å²) in [5.41, 5.74) is 0. The van der Waals surface area contributed by atoms with Crippen molar-refractivity contribution in [2.24, 2.45) is 5.14 Å². The number of primary sulfonamides is 1. The predicted octanol–water partition coefficient (Wildman–Crippen LogP) is -0.759. The van der Waals surface area contributed by atoms with E-state index in [2.05, 4.69) is 0 Å². The highest BCUT2D eigenvalue weighted by Gasteiger charge is 2.41. The maximum absolute atomic E-state index is 11.2. The van der Waals surface area contributed by atoms with Crippen molar-refractivity contribution >= 4 is 19.9 Å². The average molecular weight is 227 g/mol. The summed E-state index contributed by atoms with van der Waals surface area (Å²) in [5, 5.41) is 3.23. The normalized spacial score (nSPS) is 30.6. The third-order valence-corrected chi connectivity index (χ3v) is 5.61. The number of sulfone groups is 1. The van der Waals surface area contributed by atoms with Crippen molar-refractivity contribution in [2.75, 3.05) is 6.26 Å². The van der Waals surface area contributed by atoms with E-state index in [-0.39, 0.29) is 0 Å². The van der Waals surface area contributed by atoms with Gasteiger partial charge >= 0.3 is 0 Å². The van der Waals surface area contributed by atoms with Gasteiger partial charge in [0.05, 0.1) is 10.5 Å². The van der Waals surface area contributed by atoms with E-state index in [1.807, 2.05) is 0 Å². The molecule has 0 saturated heterocycles.